The van der Waals surface area contributed by atoms with Gasteiger partial charge in [-0.05, 0) is 50.6 Å². The molecule has 0 bridgehead atoms. The van der Waals surface area contributed by atoms with E-state index in [1.807, 2.05) is 0 Å². The lowest BCUT2D eigenvalue weighted by Crippen LogP contribution is -2.51. The molecule has 1 atom stereocenters. The summed E-state index contributed by atoms with van der Waals surface area (Å²) in [6, 6.07) is 4.94. The summed E-state index contributed by atoms with van der Waals surface area (Å²) in [5.41, 5.74) is 5.41. The highest BCUT2D eigenvalue weighted by molar-refractivity contribution is 5.56. The summed E-state index contributed by atoms with van der Waals surface area (Å²) in [5, 5.41) is 7.14. The molecule has 0 radical (unpaired) electrons. The van der Waals surface area contributed by atoms with Gasteiger partial charge in [0.1, 0.15) is 0 Å². The standard InChI is InChI=1S/C15H25N3/c1-11-5-6-15(13(3)12(11)2)17-9-14-10-18(4)8-7-16-14/h5-6,14,16-17H,7-10H2,1-4H3. The number of piperazine rings is 1. The van der Waals surface area contributed by atoms with Crippen molar-refractivity contribution in [2.75, 3.05) is 38.5 Å². The molecule has 0 spiro atoms. The molecule has 1 aliphatic rings. The van der Waals surface area contributed by atoms with Gasteiger partial charge in [-0.25, -0.2) is 0 Å². The third-order valence-corrected chi connectivity index (χ3v) is 4.06. The van der Waals surface area contributed by atoms with E-state index in [1.165, 1.54) is 22.4 Å². The Hall–Kier alpha value is -1.06. The molecule has 18 heavy (non-hydrogen) atoms. The van der Waals surface area contributed by atoms with Gasteiger partial charge < -0.3 is 15.5 Å². The van der Waals surface area contributed by atoms with Crippen molar-refractivity contribution in [2.24, 2.45) is 0 Å². The van der Waals surface area contributed by atoms with E-state index in [0.717, 1.165) is 26.2 Å². The zero-order valence-corrected chi connectivity index (χ0v) is 12.0. The first kappa shape index (κ1) is 13.4. The molecule has 2 rings (SSSR count). The third kappa shape index (κ3) is 3.03. The van der Waals surface area contributed by atoms with E-state index in [1.54, 1.807) is 0 Å². The topological polar surface area (TPSA) is 27.3 Å². The van der Waals surface area contributed by atoms with Gasteiger partial charge >= 0.3 is 0 Å². The van der Waals surface area contributed by atoms with Gasteiger partial charge in [-0.1, -0.05) is 6.07 Å². The normalized spacial score (nSPS) is 21.0. The Balaban J connectivity index is 1.96. The summed E-state index contributed by atoms with van der Waals surface area (Å²) in [4.78, 5) is 2.39. The van der Waals surface area contributed by atoms with E-state index in [-0.39, 0.29) is 0 Å². The smallest absolute Gasteiger partial charge is 0.0373 e. The number of rotatable bonds is 3. The summed E-state index contributed by atoms with van der Waals surface area (Å²) in [6.07, 6.45) is 0. The fourth-order valence-electron chi connectivity index (χ4n) is 2.51. The number of benzene rings is 1. The quantitative estimate of drug-likeness (QED) is 0.854. The summed E-state index contributed by atoms with van der Waals surface area (Å²) >= 11 is 0. The molecule has 0 aliphatic carbocycles. The monoisotopic (exact) mass is 247 g/mol. The second-order valence-electron chi connectivity index (χ2n) is 5.47. The molecule has 100 valence electrons. The van der Waals surface area contributed by atoms with Crippen molar-refractivity contribution >= 4 is 5.69 Å². The summed E-state index contributed by atoms with van der Waals surface area (Å²) < 4.78 is 0. The van der Waals surface area contributed by atoms with Crippen LogP contribution in [0, 0.1) is 20.8 Å². The maximum Gasteiger partial charge on any atom is 0.0373 e. The SMILES string of the molecule is Cc1ccc(NCC2CN(C)CCN2)c(C)c1C. The van der Waals surface area contributed by atoms with Crippen LogP contribution < -0.4 is 10.6 Å². The van der Waals surface area contributed by atoms with Crippen LogP contribution in [0.2, 0.25) is 0 Å². The molecule has 1 fully saturated rings. The number of hydrogen-bond acceptors (Lipinski definition) is 3. The lowest BCUT2D eigenvalue weighted by molar-refractivity contribution is 0.244. The predicted octanol–water partition coefficient (Wildman–Crippen LogP) is 1.93. The molecule has 1 aromatic carbocycles. The van der Waals surface area contributed by atoms with E-state index >= 15 is 0 Å². The minimum atomic E-state index is 0.546. The summed E-state index contributed by atoms with van der Waals surface area (Å²) in [7, 11) is 2.19. The van der Waals surface area contributed by atoms with Crippen molar-refractivity contribution in [3.8, 4) is 0 Å². The Kier molecular flexibility index (Phi) is 4.25. The molecule has 1 saturated heterocycles. The van der Waals surface area contributed by atoms with Crippen molar-refractivity contribution in [3.63, 3.8) is 0 Å². The van der Waals surface area contributed by atoms with Crippen LogP contribution in [-0.4, -0.2) is 44.2 Å². The highest BCUT2D eigenvalue weighted by Crippen LogP contribution is 2.21. The average Bonchev–Trinajstić information content (AvgIpc) is 2.35. The van der Waals surface area contributed by atoms with E-state index in [9.17, 15) is 0 Å². The van der Waals surface area contributed by atoms with Gasteiger partial charge in [-0.2, -0.15) is 0 Å². The number of nitrogens with one attached hydrogen (secondary N) is 2. The highest BCUT2D eigenvalue weighted by Gasteiger charge is 2.16. The van der Waals surface area contributed by atoms with Crippen molar-refractivity contribution in [1.29, 1.82) is 0 Å². The Labute approximate surface area is 111 Å². The van der Waals surface area contributed by atoms with Crippen LogP contribution in [0.3, 0.4) is 0 Å². The lowest BCUT2D eigenvalue weighted by Gasteiger charge is -2.31. The van der Waals surface area contributed by atoms with Crippen molar-refractivity contribution in [3.05, 3.63) is 28.8 Å². The van der Waals surface area contributed by atoms with E-state index in [0.29, 0.717) is 6.04 Å². The second kappa shape index (κ2) is 5.72. The molecule has 0 aromatic heterocycles. The highest BCUT2D eigenvalue weighted by atomic mass is 15.2. The van der Waals surface area contributed by atoms with Gasteiger partial charge in [0.05, 0.1) is 0 Å². The van der Waals surface area contributed by atoms with Gasteiger partial charge in [-0.3, -0.25) is 0 Å². The molecular weight excluding hydrogens is 222 g/mol. The fourth-order valence-corrected chi connectivity index (χ4v) is 2.51. The molecule has 0 amide bonds. The third-order valence-electron chi connectivity index (χ3n) is 4.06. The van der Waals surface area contributed by atoms with Crippen LogP contribution in [0.4, 0.5) is 5.69 Å². The first-order chi connectivity index (χ1) is 8.58. The predicted molar refractivity (Wildman–Crippen MR) is 78.4 cm³/mol. The molecule has 3 nitrogen and oxygen atoms in total. The number of likely N-dealkylation sites (N-methyl/N-ethyl adjacent to an activating group) is 1. The number of aryl methyl sites for hydroxylation is 1. The lowest BCUT2D eigenvalue weighted by atomic mass is 10.0. The zero-order chi connectivity index (χ0) is 13.1. The number of nitrogens with zero attached hydrogens (tertiary/aromatic N) is 1. The van der Waals surface area contributed by atoms with Crippen LogP contribution in [-0.2, 0) is 0 Å². The molecular formula is C15H25N3. The van der Waals surface area contributed by atoms with Gasteiger partial charge in [-0.15, -0.1) is 0 Å². The number of anilines is 1. The summed E-state index contributed by atoms with van der Waals surface area (Å²) in [5.74, 6) is 0. The molecule has 1 aliphatic heterocycles. The molecule has 1 heterocycles. The second-order valence-corrected chi connectivity index (χ2v) is 5.47. The molecule has 1 unspecified atom stereocenters. The van der Waals surface area contributed by atoms with Crippen LogP contribution in [0.25, 0.3) is 0 Å². The van der Waals surface area contributed by atoms with Crippen molar-refractivity contribution < 1.29 is 0 Å². The molecule has 2 N–H and O–H groups in total. The molecule has 1 aromatic rings. The van der Waals surface area contributed by atoms with Crippen LogP contribution in [0.15, 0.2) is 12.1 Å². The molecule has 0 saturated carbocycles. The molecule has 3 heteroatoms. The minimum absolute atomic E-state index is 0.546. The van der Waals surface area contributed by atoms with Gasteiger partial charge in [0, 0.05) is 37.9 Å². The van der Waals surface area contributed by atoms with Crippen LogP contribution in [0.1, 0.15) is 16.7 Å². The largest absolute Gasteiger partial charge is 0.383 e. The Morgan fingerprint density at radius 2 is 2.06 bits per heavy atom. The van der Waals surface area contributed by atoms with Gasteiger partial charge in [0.2, 0.25) is 0 Å². The summed E-state index contributed by atoms with van der Waals surface area (Å²) in [6.45, 7) is 10.9. The Morgan fingerprint density at radius 3 is 2.78 bits per heavy atom. The average molecular weight is 247 g/mol. The van der Waals surface area contributed by atoms with Gasteiger partial charge in [0.15, 0.2) is 0 Å². The zero-order valence-electron chi connectivity index (χ0n) is 12.0. The Bertz CT molecular complexity index is 414. The maximum atomic E-state index is 3.58. The van der Waals surface area contributed by atoms with E-state index in [2.05, 4.69) is 55.5 Å². The maximum absolute atomic E-state index is 3.58. The minimum Gasteiger partial charge on any atom is -0.383 e. The fraction of sp³-hybridized carbons (Fsp3) is 0.600. The van der Waals surface area contributed by atoms with Crippen LogP contribution >= 0.6 is 0 Å². The number of hydrogen-bond donors (Lipinski definition) is 2. The van der Waals surface area contributed by atoms with Crippen molar-refractivity contribution in [2.45, 2.75) is 26.8 Å². The van der Waals surface area contributed by atoms with E-state index in [4.69, 9.17) is 0 Å². The van der Waals surface area contributed by atoms with E-state index < -0.39 is 0 Å². The van der Waals surface area contributed by atoms with Gasteiger partial charge in [0.25, 0.3) is 0 Å². The first-order valence-corrected chi connectivity index (χ1v) is 6.80. The van der Waals surface area contributed by atoms with Crippen LogP contribution in [0.5, 0.6) is 0 Å². The first-order valence-electron chi connectivity index (χ1n) is 6.80. The van der Waals surface area contributed by atoms with Crippen molar-refractivity contribution in [1.82, 2.24) is 10.2 Å². The Morgan fingerprint density at radius 1 is 1.28 bits per heavy atom.